The number of pyridine rings is 1. The van der Waals surface area contributed by atoms with Crippen molar-refractivity contribution in [2.24, 2.45) is 0 Å². The van der Waals surface area contributed by atoms with Gasteiger partial charge in [0.2, 0.25) is 0 Å². The van der Waals surface area contributed by atoms with E-state index in [4.69, 9.17) is 4.74 Å². The summed E-state index contributed by atoms with van der Waals surface area (Å²) in [5, 5.41) is 15.8. The van der Waals surface area contributed by atoms with Crippen LogP contribution < -0.4 is 10.1 Å². The minimum absolute atomic E-state index is 0.105. The molecule has 0 unspecified atom stereocenters. The normalized spacial score (nSPS) is 10.9. The second-order valence-electron chi connectivity index (χ2n) is 7.83. The standard InChI is InChI=1S/C25H20F2N8O/c1-4-5-18-12-16(3)35(33-18)24-21(36-25(26)27)9-11-23(30-24)34-14-28-19-13-17(7-8-20(19)34)29-22-10-6-15(2)31-32-22/h6-14,25H,1-3H3,(H,29,32). The maximum absolute atomic E-state index is 13.1. The van der Waals surface area contributed by atoms with Crippen LogP contribution in [0.25, 0.3) is 22.7 Å². The molecule has 0 bridgehead atoms. The molecule has 5 aromatic rings. The second-order valence-corrected chi connectivity index (χ2v) is 7.83. The number of nitrogens with one attached hydrogen (secondary N) is 1. The molecule has 4 aromatic heterocycles. The summed E-state index contributed by atoms with van der Waals surface area (Å²) in [5.74, 6) is 6.72. The van der Waals surface area contributed by atoms with Crippen LogP contribution in [0.2, 0.25) is 0 Å². The van der Waals surface area contributed by atoms with Gasteiger partial charge in [0.1, 0.15) is 17.8 Å². The Morgan fingerprint density at radius 1 is 1.03 bits per heavy atom. The van der Waals surface area contributed by atoms with Crippen molar-refractivity contribution in [2.75, 3.05) is 5.32 Å². The van der Waals surface area contributed by atoms with Gasteiger partial charge in [-0.3, -0.25) is 4.57 Å². The van der Waals surface area contributed by atoms with Gasteiger partial charge in [0, 0.05) is 11.4 Å². The first-order valence-corrected chi connectivity index (χ1v) is 10.9. The van der Waals surface area contributed by atoms with Crippen LogP contribution in [0, 0.1) is 25.7 Å². The van der Waals surface area contributed by atoms with Crippen molar-refractivity contribution in [3.05, 3.63) is 71.9 Å². The van der Waals surface area contributed by atoms with Gasteiger partial charge in [0.05, 0.1) is 16.7 Å². The van der Waals surface area contributed by atoms with Crippen LogP contribution in [-0.4, -0.2) is 41.1 Å². The highest BCUT2D eigenvalue weighted by molar-refractivity contribution is 5.82. The first-order valence-electron chi connectivity index (χ1n) is 10.9. The van der Waals surface area contributed by atoms with E-state index in [9.17, 15) is 8.78 Å². The van der Waals surface area contributed by atoms with Crippen LogP contribution in [0.4, 0.5) is 20.3 Å². The molecule has 0 radical (unpaired) electrons. The minimum atomic E-state index is -3.01. The third-order valence-corrected chi connectivity index (χ3v) is 5.25. The van der Waals surface area contributed by atoms with Gasteiger partial charge in [0.25, 0.3) is 0 Å². The van der Waals surface area contributed by atoms with Crippen molar-refractivity contribution in [1.82, 2.24) is 34.5 Å². The zero-order chi connectivity index (χ0) is 25.2. The predicted octanol–water partition coefficient (Wildman–Crippen LogP) is 4.73. The van der Waals surface area contributed by atoms with E-state index >= 15 is 0 Å². The molecular weight excluding hydrogens is 466 g/mol. The van der Waals surface area contributed by atoms with E-state index in [2.05, 4.69) is 42.4 Å². The maximum atomic E-state index is 13.1. The molecule has 0 spiro atoms. The van der Waals surface area contributed by atoms with Crippen molar-refractivity contribution >= 4 is 22.5 Å². The van der Waals surface area contributed by atoms with Gasteiger partial charge in [0.15, 0.2) is 17.4 Å². The van der Waals surface area contributed by atoms with Gasteiger partial charge in [-0.25, -0.2) is 14.6 Å². The topological polar surface area (TPSA) is 95.6 Å². The number of imidazole rings is 1. The number of aryl methyl sites for hydroxylation is 2. The third kappa shape index (κ3) is 4.56. The molecule has 4 heterocycles. The number of hydrogen-bond donors (Lipinski definition) is 1. The minimum Gasteiger partial charge on any atom is -0.431 e. The fourth-order valence-corrected chi connectivity index (χ4v) is 3.66. The van der Waals surface area contributed by atoms with Crippen molar-refractivity contribution < 1.29 is 13.5 Å². The highest BCUT2D eigenvalue weighted by Gasteiger charge is 2.18. The molecule has 36 heavy (non-hydrogen) atoms. The number of rotatable bonds is 6. The lowest BCUT2D eigenvalue weighted by molar-refractivity contribution is -0.0501. The van der Waals surface area contributed by atoms with E-state index in [0.29, 0.717) is 28.5 Å². The van der Waals surface area contributed by atoms with Crippen molar-refractivity contribution in [1.29, 1.82) is 0 Å². The molecule has 0 atom stereocenters. The SMILES string of the molecule is CC#Cc1cc(C)n(-c2nc(-n3cnc4cc(Nc5ccc(C)nn5)ccc43)ccc2OC(F)F)n1. The number of anilines is 2. The number of fused-ring (bicyclic) bond motifs is 1. The molecule has 0 aliphatic heterocycles. The maximum Gasteiger partial charge on any atom is 0.387 e. The van der Waals surface area contributed by atoms with Crippen LogP contribution in [0.5, 0.6) is 5.75 Å². The van der Waals surface area contributed by atoms with Gasteiger partial charge in [-0.15, -0.1) is 5.10 Å². The largest absolute Gasteiger partial charge is 0.431 e. The lowest BCUT2D eigenvalue weighted by Crippen LogP contribution is -2.11. The average molecular weight is 486 g/mol. The first-order chi connectivity index (χ1) is 17.4. The summed E-state index contributed by atoms with van der Waals surface area (Å²) < 4.78 is 34.1. The number of alkyl halides is 2. The molecule has 1 N–H and O–H groups in total. The van der Waals surface area contributed by atoms with Crippen molar-refractivity contribution in [2.45, 2.75) is 27.4 Å². The monoisotopic (exact) mass is 486 g/mol. The lowest BCUT2D eigenvalue weighted by Gasteiger charge is -2.13. The van der Waals surface area contributed by atoms with Gasteiger partial charge < -0.3 is 10.1 Å². The first kappa shape index (κ1) is 22.9. The Morgan fingerprint density at radius 3 is 2.64 bits per heavy atom. The van der Waals surface area contributed by atoms with Gasteiger partial charge in [-0.1, -0.05) is 5.92 Å². The number of hydrogen-bond acceptors (Lipinski definition) is 7. The van der Waals surface area contributed by atoms with Crippen LogP contribution in [0.3, 0.4) is 0 Å². The Bertz CT molecular complexity index is 1610. The van der Waals surface area contributed by atoms with Crippen molar-refractivity contribution in [3.63, 3.8) is 0 Å². The van der Waals surface area contributed by atoms with Gasteiger partial charge in [-0.2, -0.15) is 19.0 Å². The smallest absolute Gasteiger partial charge is 0.387 e. The van der Waals surface area contributed by atoms with Gasteiger partial charge in [-0.05, 0) is 75.2 Å². The van der Waals surface area contributed by atoms with Crippen molar-refractivity contribution in [3.8, 4) is 29.2 Å². The van der Waals surface area contributed by atoms with E-state index in [-0.39, 0.29) is 11.6 Å². The average Bonchev–Trinajstić information content (AvgIpc) is 3.43. The van der Waals surface area contributed by atoms with E-state index in [1.165, 1.54) is 10.7 Å². The zero-order valence-electron chi connectivity index (χ0n) is 19.6. The number of halogens is 2. The molecule has 0 aliphatic rings. The highest BCUT2D eigenvalue weighted by atomic mass is 19.3. The molecule has 1 aromatic carbocycles. The summed E-state index contributed by atoms with van der Waals surface area (Å²) >= 11 is 0. The summed E-state index contributed by atoms with van der Waals surface area (Å²) in [6, 6.07) is 14.1. The van der Waals surface area contributed by atoms with E-state index in [1.807, 2.05) is 37.3 Å². The highest BCUT2D eigenvalue weighted by Crippen LogP contribution is 2.28. The molecule has 0 saturated heterocycles. The van der Waals surface area contributed by atoms with Crippen LogP contribution in [0.1, 0.15) is 24.0 Å². The molecule has 0 aliphatic carbocycles. The summed E-state index contributed by atoms with van der Waals surface area (Å²) in [5.41, 5.74) is 4.25. The molecular formula is C25H20F2N8O. The summed E-state index contributed by atoms with van der Waals surface area (Å²) in [4.78, 5) is 9.09. The molecule has 11 heteroatoms. The van der Waals surface area contributed by atoms with E-state index in [1.54, 1.807) is 36.9 Å². The molecule has 5 rings (SSSR count). The van der Waals surface area contributed by atoms with E-state index in [0.717, 1.165) is 16.9 Å². The molecule has 0 saturated carbocycles. The Balaban J connectivity index is 1.54. The number of ether oxygens (including phenoxy) is 1. The molecule has 180 valence electrons. The third-order valence-electron chi connectivity index (χ3n) is 5.25. The quantitative estimate of drug-likeness (QED) is 0.347. The Morgan fingerprint density at radius 2 is 1.89 bits per heavy atom. The second kappa shape index (κ2) is 9.42. The Labute approximate surface area is 204 Å². The predicted molar refractivity (Wildman–Crippen MR) is 130 cm³/mol. The zero-order valence-corrected chi connectivity index (χ0v) is 19.6. The van der Waals surface area contributed by atoms with Gasteiger partial charge >= 0.3 is 6.61 Å². The Hall–Kier alpha value is -4.85. The number of aromatic nitrogens is 7. The summed E-state index contributed by atoms with van der Waals surface area (Å²) in [6.07, 6.45) is 1.61. The molecule has 9 nitrogen and oxygen atoms in total. The van der Waals surface area contributed by atoms with E-state index < -0.39 is 6.61 Å². The summed E-state index contributed by atoms with van der Waals surface area (Å²) in [7, 11) is 0. The summed E-state index contributed by atoms with van der Waals surface area (Å²) in [6.45, 7) is 2.33. The fourth-order valence-electron chi connectivity index (χ4n) is 3.66. The number of nitrogens with zero attached hydrogens (tertiary/aromatic N) is 7. The molecule has 0 fully saturated rings. The van der Waals surface area contributed by atoms with Crippen LogP contribution in [-0.2, 0) is 0 Å². The number of benzene rings is 1. The Kier molecular flexibility index (Phi) is 6.00. The molecule has 0 amide bonds. The van der Waals surface area contributed by atoms with Crippen LogP contribution >= 0.6 is 0 Å². The lowest BCUT2D eigenvalue weighted by atomic mass is 10.2. The van der Waals surface area contributed by atoms with Crippen LogP contribution in [0.15, 0.2) is 54.9 Å². The fraction of sp³-hybridized carbons (Fsp3) is 0.160.